The molecular formula is C26H35F3N6O. The molecule has 0 bridgehead atoms. The lowest BCUT2D eigenvalue weighted by atomic mass is 9.89. The molecule has 1 heterocycles. The molecule has 1 aromatic heterocycles. The number of hydrogen-bond donors (Lipinski definition) is 5. The summed E-state index contributed by atoms with van der Waals surface area (Å²) >= 11 is 0. The second kappa shape index (κ2) is 10.5. The van der Waals surface area contributed by atoms with Gasteiger partial charge in [0.1, 0.15) is 23.0 Å². The average molecular weight is 505 g/mol. The molecule has 1 aromatic carbocycles. The highest BCUT2D eigenvalue weighted by molar-refractivity contribution is 5.84. The maximum atomic E-state index is 14.5. The molecule has 0 amide bonds. The third kappa shape index (κ3) is 5.69. The fraction of sp³-hybridized carbons (Fsp3) is 0.538. The van der Waals surface area contributed by atoms with Gasteiger partial charge in [0.25, 0.3) is 0 Å². The maximum Gasteiger partial charge on any atom is 0.210 e. The summed E-state index contributed by atoms with van der Waals surface area (Å²) < 4.78 is 44.2. The number of rotatable bonds is 9. The number of nitrogens with one attached hydrogen (secondary N) is 4. The number of nitrogens with zero attached hydrogens (tertiary/aromatic N) is 2. The van der Waals surface area contributed by atoms with Gasteiger partial charge in [-0.2, -0.15) is 0 Å². The van der Waals surface area contributed by atoms with E-state index in [1.165, 1.54) is 6.42 Å². The lowest BCUT2D eigenvalue weighted by molar-refractivity contribution is 0.0186. The molecule has 5 N–H and O–H groups in total. The van der Waals surface area contributed by atoms with Crippen LogP contribution >= 0.6 is 0 Å². The molecule has 2 saturated carbocycles. The summed E-state index contributed by atoms with van der Waals surface area (Å²) in [5.74, 6) is -2.05. The van der Waals surface area contributed by atoms with E-state index in [9.17, 15) is 18.3 Å². The summed E-state index contributed by atoms with van der Waals surface area (Å²) in [4.78, 5) is 4.45. The van der Waals surface area contributed by atoms with Crippen LogP contribution in [0.2, 0.25) is 0 Å². The van der Waals surface area contributed by atoms with Crippen LogP contribution in [-0.4, -0.2) is 32.5 Å². The molecule has 7 nitrogen and oxygen atoms in total. The number of anilines is 3. The van der Waals surface area contributed by atoms with Gasteiger partial charge in [0.2, 0.25) is 5.95 Å². The van der Waals surface area contributed by atoms with Gasteiger partial charge in [-0.15, -0.1) is 0 Å². The first kappa shape index (κ1) is 26.1. The number of halogens is 3. The predicted octanol–water partition coefficient (Wildman–Crippen LogP) is 5.96. The Hall–Kier alpha value is -3.01. The van der Waals surface area contributed by atoms with Crippen LogP contribution in [0.1, 0.15) is 76.9 Å². The van der Waals surface area contributed by atoms with Gasteiger partial charge in [-0.3, -0.25) is 4.57 Å². The molecule has 10 heteroatoms. The number of imidazole rings is 1. The van der Waals surface area contributed by atoms with Crippen molar-refractivity contribution in [1.82, 2.24) is 14.9 Å². The Kier molecular flexibility index (Phi) is 7.63. The van der Waals surface area contributed by atoms with Crippen molar-refractivity contribution < 1.29 is 18.3 Å². The monoisotopic (exact) mass is 504 g/mol. The van der Waals surface area contributed by atoms with Gasteiger partial charge < -0.3 is 26.5 Å². The molecule has 2 aliphatic carbocycles. The fourth-order valence-electron chi connectivity index (χ4n) is 5.40. The minimum atomic E-state index is -1.09. The summed E-state index contributed by atoms with van der Waals surface area (Å²) in [5, 5.41) is 27.9. The van der Waals surface area contributed by atoms with E-state index in [-0.39, 0.29) is 23.6 Å². The highest BCUT2D eigenvalue weighted by atomic mass is 19.1. The topological polar surface area (TPSA) is 98.0 Å². The van der Waals surface area contributed by atoms with Crippen molar-refractivity contribution in [1.29, 1.82) is 5.41 Å². The van der Waals surface area contributed by atoms with Crippen molar-refractivity contribution in [2.45, 2.75) is 82.9 Å². The molecule has 2 atom stereocenters. The fourth-order valence-corrected chi connectivity index (χ4v) is 5.40. The largest absolute Gasteiger partial charge is 0.390 e. The Morgan fingerprint density at radius 3 is 2.39 bits per heavy atom. The molecule has 4 rings (SSSR count). The van der Waals surface area contributed by atoms with Crippen LogP contribution < -0.4 is 16.0 Å². The Morgan fingerprint density at radius 2 is 1.81 bits per heavy atom. The van der Waals surface area contributed by atoms with Crippen molar-refractivity contribution in [2.75, 3.05) is 10.6 Å². The molecule has 196 valence electrons. The van der Waals surface area contributed by atoms with Crippen LogP contribution in [0.5, 0.6) is 0 Å². The Bertz CT molecular complexity index is 1100. The first-order valence-electron chi connectivity index (χ1n) is 12.6. The molecule has 2 aromatic rings. The van der Waals surface area contributed by atoms with Crippen LogP contribution in [-0.2, 0) is 0 Å². The van der Waals surface area contributed by atoms with Crippen LogP contribution in [0, 0.1) is 28.8 Å². The second-order valence-corrected chi connectivity index (χ2v) is 10.5. The highest BCUT2D eigenvalue weighted by Gasteiger charge is 2.37. The van der Waals surface area contributed by atoms with E-state index in [2.05, 4.69) is 27.5 Å². The van der Waals surface area contributed by atoms with E-state index >= 15 is 0 Å². The zero-order chi connectivity index (χ0) is 26.0. The number of benzene rings is 1. The van der Waals surface area contributed by atoms with E-state index in [4.69, 9.17) is 5.41 Å². The molecule has 1 unspecified atom stereocenters. The van der Waals surface area contributed by atoms with E-state index < -0.39 is 28.7 Å². The molecule has 36 heavy (non-hydrogen) atoms. The lowest BCUT2D eigenvalue weighted by Gasteiger charge is -2.27. The van der Waals surface area contributed by atoms with E-state index in [0.29, 0.717) is 42.7 Å². The smallest absolute Gasteiger partial charge is 0.210 e. The third-order valence-corrected chi connectivity index (χ3v) is 7.34. The average Bonchev–Trinajstić information content (AvgIpc) is 3.41. The van der Waals surface area contributed by atoms with Gasteiger partial charge in [0.15, 0.2) is 11.6 Å². The quantitative estimate of drug-likeness (QED) is 0.272. The summed E-state index contributed by atoms with van der Waals surface area (Å²) in [7, 11) is 0. The van der Waals surface area contributed by atoms with Crippen LogP contribution in [0.25, 0.3) is 0 Å². The van der Waals surface area contributed by atoms with Crippen molar-refractivity contribution in [2.24, 2.45) is 5.92 Å². The van der Waals surface area contributed by atoms with E-state index in [0.717, 1.165) is 38.3 Å². The zero-order valence-electron chi connectivity index (χ0n) is 20.8. The number of hydrogen-bond acceptors (Lipinski definition) is 6. The first-order valence-corrected chi connectivity index (χ1v) is 12.6. The van der Waals surface area contributed by atoms with Crippen LogP contribution in [0.4, 0.5) is 30.6 Å². The molecule has 0 aliphatic heterocycles. The van der Waals surface area contributed by atoms with Gasteiger partial charge >= 0.3 is 0 Å². The summed E-state index contributed by atoms with van der Waals surface area (Å²) in [6.45, 7) is 7.66. The van der Waals surface area contributed by atoms with E-state index in [1.807, 2.05) is 0 Å². The minimum Gasteiger partial charge on any atom is -0.390 e. The van der Waals surface area contributed by atoms with Gasteiger partial charge in [-0.25, -0.2) is 18.2 Å². The van der Waals surface area contributed by atoms with Gasteiger partial charge in [0.05, 0.1) is 11.4 Å². The van der Waals surface area contributed by atoms with Crippen molar-refractivity contribution in [3.8, 4) is 0 Å². The molecule has 2 aliphatic rings. The van der Waals surface area contributed by atoms with E-state index in [1.54, 1.807) is 18.4 Å². The Balaban J connectivity index is 1.69. The normalized spacial score (nSPS) is 20.8. The van der Waals surface area contributed by atoms with Crippen molar-refractivity contribution >= 4 is 23.7 Å². The van der Waals surface area contributed by atoms with Gasteiger partial charge in [-0.05, 0) is 51.9 Å². The summed E-state index contributed by atoms with van der Waals surface area (Å²) in [6.07, 6.45) is 8.74. The standard InChI is InChI=1S/C26H35F3N6O/c1-15(31-18-7-5-4-6-8-18)32-24-22(14-30)33-25(34-23-20(28)12-17(27)13-21(23)29)35(24)19-10-9-16(11-19)26(2,3)36/h12-14,16,18-19,30-32,36H,1,4-11H2,2-3H3,(H,33,34)/t16-,19?/m1/s1. The summed E-state index contributed by atoms with van der Waals surface area (Å²) in [5.41, 5.74) is -1.15. The van der Waals surface area contributed by atoms with Crippen LogP contribution in [0.3, 0.4) is 0 Å². The van der Waals surface area contributed by atoms with Crippen LogP contribution in [0.15, 0.2) is 24.5 Å². The highest BCUT2D eigenvalue weighted by Crippen LogP contribution is 2.44. The van der Waals surface area contributed by atoms with Gasteiger partial charge in [-0.1, -0.05) is 25.8 Å². The maximum absolute atomic E-state index is 14.5. The first-order chi connectivity index (χ1) is 17.1. The number of aromatic nitrogens is 2. The molecule has 0 saturated heterocycles. The predicted molar refractivity (Wildman–Crippen MR) is 135 cm³/mol. The SMILES string of the molecule is C=C(Nc1c(C=N)nc(Nc2c(F)cc(F)cc2F)n1C1CC[C@@H](C(C)(C)O)C1)NC1CCCCC1. The Morgan fingerprint density at radius 1 is 1.14 bits per heavy atom. The second-order valence-electron chi connectivity index (χ2n) is 10.5. The zero-order valence-corrected chi connectivity index (χ0v) is 20.8. The molecule has 0 spiro atoms. The van der Waals surface area contributed by atoms with Gasteiger partial charge in [0, 0.05) is 30.4 Å². The number of aliphatic hydroxyl groups is 1. The molecule has 2 fully saturated rings. The minimum absolute atomic E-state index is 0.0110. The lowest BCUT2D eigenvalue weighted by Crippen LogP contribution is -2.33. The van der Waals surface area contributed by atoms with Crippen molar-refractivity contribution in [3.05, 3.63) is 47.7 Å². The molecular weight excluding hydrogens is 469 g/mol. The third-order valence-electron chi connectivity index (χ3n) is 7.34. The summed E-state index contributed by atoms with van der Waals surface area (Å²) in [6, 6.07) is 1.34. The van der Waals surface area contributed by atoms with Crippen molar-refractivity contribution in [3.63, 3.8) is 0 Å². The Labute approximate surface area is 209 Å². The molecule has 0 radical (unpaired) electrons.